The van der Waals surface area contributed by atoms with Gasteiger partial charge in [-0.2, -0.15) is 5.10 Å². The molecule has 1 amide bonds. The molecule has 0 saturated heterocycles. The molecule has 1 aromatic rings. The Bertz CT molecular complexity index is 404. The number of nitrogens with zero attached hydrogens (tertiary/aromatic N) is 2. The van der Waals surface area contributed by atoms with Crippen molar-refractivity contribution in [1.29, 1.82) is 0 Å². The second-order valence-corrected chi connectivity index (χ2v) is 4.54. The predicted molar refractivity (Wildman–Crippen MR) is 63.4 cm³/mol. The molecule has 1 heterocycles. The number of rotatable bonds is 2. The second kappa shape index (κ2) is 4.75. The van der Waals surface area contributed by atoms with E-state index in [1.807, 2.05) is 0 Å². The minimum atomic E-state index is -0.443. The summed E-state index contributed by atoms with van der Waals surface area (Å²) in [6, 6.07) is -0.126. The van der Waals surface area contributed by atoms with Crippen LogP contribution >= 0.6 is 0 Å². The molecule has 17 heavy (non-hydrogen) atoms. The molecule has 1 saturated carbocycles. The van der Waals surface area contributed by atoms with Crippen LogP contribution in [0.1, 0.15) is 36.2 Å². The topological polar surface area (TPSA) is 95.2 Å². The second-order valence-electron chi connectivity index (χ2n) is 4.54. The van der Waals surface area contributed by atoms with Crippen molar-refractivity contribution in [3.05, 3.63) is 11.9 Å². The average Bonchev–Trinajstić information content (AvgIpc) is 2.74. The van der Waals surface area contributed by atoms with Crippen molar-refractivity contribution in [2.45, 2.75) is 37.8 Å². The Kier molecular flexibility index (Phi) is 3.33. The molecule has 1 aromatic heterocycles. The van der Waals surface area contributed by atoms with Crippen molar-refractivity contribution < 1.29 is 9.90 Å². The maximum absolute atomic E-state index is 12.1. The Hall–Kier alpha value is -1.56. The van der Waals surface area contributed by atoms with E-state index in [2.05, 4.69) is 10.2 Å². The fraction of sp³-hybridized carbons (Fsp3) is 0.636. The molecule has 0 spiro atoms. The Morgan fingerprint density at radius 1 is 1.59 bits per heavy atom. The molecule has 0 aliphatic heterocycles. The summed E-state index contributed by atoms with van der Waals surface area (Å²) in [5, 5.41) is 16.2. The first-order chi connectivity index (χ1) is 8.11. The number of anilines is 1. The lowest BCUT2D eigenvalue weighted by Crippen LogP contribution is -2.46. The summed E-state index contributed by atoms with van der Waals surface area (Å²) < 4.78 is 0. The number of aliphatic hydroxyl groups excluding tert-OH is 1. The zero-order valence-electron chi connectivity index (χ0n) is 9.89. The first-order valence-corrected chi connectivity index (χ1v) is 5.85. The maximum atomic E-state index is 12.1. The van der Waals surface area contributed by atoms with Gasteiger partial charge in [0.05, 0.1) is 24.0 Å². The van der Waals surface area contributed by atoms with Crippen LogP contribution in [0.4, 0.5) is 5.69 Å². The van der Waals surface area contributed by atoms with Crippen molar-refractivity contribution in [2.24, 2.45) is 0 Å². The van der Waals surface area contributed by atoms with Crippen molar-refractivity contribution in [1.82, 2.24) is 15.1 Å². The highest BCUT2D eigenvalue weighted by atomic mass is 16.3. The van der Waals surface area contributed by atoms with Crippen molar-refractivity contribution in [3.8, 4) is 0 Å². The lowest BCUT2D eigenvalue weighted by atomic mass is 9.91. The van der Waals surface area contributed by atoms with Gasteiger partial charge in [-0.15, -0.1) is 0 Å². The van der Waals surface area contributed by atoms with E-state index in [0.717, 1.165) is 25.7 Å². The standard InChI is InChI=1S/C11H18N4O2/c1-15(8-4-2-3-5-9(8)16)11(17)10-7(12)6-13-14-10/h6,8-9,16H,2-5,12H2,1H3,(H,13,14). The van der Waals surface area contributed by atoms with Gasteiger partial charge in [-0.05, 0) is 12.8 Å². The van der Waals surface area contributed by atoms with E-state index < -0.39 is 6.10 Å². The summed E-state index contributed by atoms with van der Waals surface area (Å²) in [4.78, 5) is 13.7. The Balaban J connectivity index is 2.11. The van der Waals surface area contributed by atoms with E-state index in [0.29, 0.717) is 11.4 Å². The number of nitrogens with two attached hydrogens (primary N) is 1. The lowest BCUT2D eigenvalue weighted by Gasteiger charge is -2.34. The van der Waals surface area contributed by atoms with Gasteiger partial charge in [0.25, 0.3) is 5.91 Å². The largest absolute Gasteiger partial charge is 0.396 e. The van der Waals surface area contributed by atoms with Crippen molar-refractivity contribution in [3.63, 3.8) is 0 Å². The van der Waals surface area contributed by atoms with Crippen LogP contribution < -0.4 is 5.73 Å². The molecule has 2 unspecified atom stereocenters. The average molecular weight is 238 g/mol. The van der Waals surface area contributed by atoms with Gasteiger partial charge in [0, 0.05) is 7.05 Å². The molecule has 0 radical (unpaired) electrons. The van der Waals surface area contributed by atoms with Gasteiger partial charge in [-0.25, -0.2) is 0 Å². The first kappa shape index (κ1) is 11.9. The molecular formula is C11H18N4O2. The number of amides is 1. The normalized spacial score (nSPS) is 24.6. The molecule has 1 aliphatic rings. The monoisotopic (exact) mass is 238 g/mol. The lowest BCUT2D eigenvalue weighted by molar-refractivity contribution is 0.0265. The third-order valence-corrected chi connectivity index (χ3v) is 3.39. The number of aliphatic hydroxyl groups is 1. The third kappa shape index (κ3) is 2.26. The molecule has 0 bridgehead atoms. The van der Waals surface area contributed by atoms with Gasteiger partial charge in [-0.3, -0.25) is 9.89 Å². The minimum absolute atomic E-state index is 0.126. The Morgan fingerprint density at radius 3 is 2.88 bits per heavy atom. The SMILES string of the molecule is CN(C(=O)c1[nH]ncc1N)C1CCCCC1O. The number of H-pyrrole nitrogens is 1. The number of aromatic amines is 1. The number of nitrogen functional groups attached to an aromatic ring is 1. The van der Waals surface area contributed by atoms with E-state index in [1.165, 1.54) is 6.20 Å². The predicted octanol–water partition coefficient (Wildman–Crippen LogP) is 0.367. The molecule has 2 atom stereocenters. The molecule has 2 rings (SSSR count). The summed E-state index contributed by atoms with van der Waals surface area (Å²) in [5.41, 5.74) is 6.28. The number of nitrogens with one attached hydrogen (secondary N) is 1. The van der Waals surface area contributed by atoms with Gasteiger partial charge in [0.15, 0.2) is 0 Å². The zero-order valence-corrected chi connectivity index (χ0v) is 9.89. The maximum Gasteiger partial charge on any atom is 0.274 e. The summed E-state index contributed by atoms with van der Waals surface area (Å²) in [5.74, 6) is -0.217. The smallest absolute Gasteiger partial charge is 0.274 e. The summed E-state index contributed by atoms with van der Waals surface area (Å²) in [7, 11) is 1.70. The number of hydrogen-bond acceptors (Lipinski definition) is 4. The van der Waals surface area contributed by atoms with Crippen LogP contribution in [0.5, 0.6) is 0 Å². The molecule has 94 valence electrons. The van der Waals surface area contributed by atoms with Gasteiger partial charge >= 0.3 is 0 Å². The van der Waals surface area contributed by atoms with Gasteiger partial charge in [-0.1, -0.05) is 12.8 Å². The Morgan fingerprint density at radius 2 is 2.29 bits per heavy atom. The van der Waals surface area contributed by atoms with Gasteiger partial charge < -0.3 is 15.7 Å². The van der Waals surface area contributed by atoms with E-state index in [1.54, 1.807) is 11.9 Å². The highest BCUT2D eigenvalue weighted by Crippen LogP contribution is 2.24. The van der Waals surface area contributed by atoms with Crippen molar-refractivity contribution in [2.75, 3.05) is 12.8 Å². The van der Waals surface area contributed by atoms with E-state index in [4.69, 9.17) is 5.73 Å². The number of hydrogen-bond donors (Lipinski definition) is 3. The zero-order chi connectivity index (χ0) is 12.4. The van der Waals surface area contributed by atoms with Crippen LogP contribution in [0, 0.1) is 0 Å². The van der Waals surface area contributed by atoms with Crippen LogP contribution in [0.25, 0.3) is 0 Å². The van der Waals surface area contributed by atoms with Crippen LogP contribution in [-0.2, 0) is 0 Å². The molecule has 0 aromatic carbocycles. The van der Waals surface area contributed by atoms with E-state index in [9.17, 15) is 9.90 Å². The first-order valence-electron chi connectivity index (χ1n) is 5.85. The number of likely N-dealkylation sites (N-methyl/N-ethyl adjacent to an activating group) is 1. The van der Waals surface area contributed by atoms with Crippen molar-refractivity contribution >= 4 is 11.6 Å². The molecular weight excluding hydrogens is 220 g/mol. The Labute approximate surface area is 99.8 Å². The van der Waals surface area contributed by atoms with Crippen LogP contribution in [0.2, 0.25) is 0 Å². The minimum Gasteiger partial charge on any atom is -0.396 e. The van der Waals surface area contributed by atoms with Crippen LogP contribution in [0.3, 0.4) is 0 Å². The number of carbonyl (C=O) groups excluding carboxylic acids is 1. The molecule has 6 heteroatoms. The summed E-state index contributed by atoms with van der Waals surface area (Å²) >= 11 is 0. The fourth-order valence-electron chi connectivity index (χ4n) is 2.34. The molecule has 6 nitrogen and oxygen atoms in total. The highest BCUT2D eigenvalue weighted by molar-refractivity contribution is 5.97. The van der Waals surface area contributed by atoms with Crippen LogP contribution in [-0.4, -0.2) is 45.3 Å². The molecule has 1 aliphatic carbocycles. The quantitative estimate of drug-likeness (QED) is 0.693. The molecule has 4 N–H and O–H groups in total. The van der Waals surface area contributed by atoms with E-state index in [-0.39, 0.29) is 11.9 Å². The number of carbonyl (C=O) groups is 1. The third-order valence-electron chi connectivity index (χ3n) is 3.39. The number of aromatic nitrogens is 2. The fourth-order valence-corrected chi connectivity index (χ4v) is 2.34. The van der Waals surface area contributed by atoms with E-state index >= 15 is 0 Å². The highest BCUT2D eigenvalue weighted by Gasteiger charge is 2.30. The molecule has 1 fully saturated rings. The van der Waals surface area contributed by atoms with Crippen LogP contribution in [0.15, 0.2) is 6.20 Å². The summed E-state index contributed by atoms with van der Waals surface area (Å²) in [6.45, 7) is 0. The summed E-state index contributed by atoms with van der Waals surface area (Å²) in [6.07, 6.45) is 4.61. The van der Waals surface area contributed by atoms with Gasteiger partial charge in [0.2, 0.25) is 0 Å². The van der Waals surface area contributed by atoms with Gasteiger partial charge in [0.1, 0.15) is 5.69 Å².